The average Bonchev–Trinajstić information content (AvgIpc) is 2.19. The van der Waals surface area contributed by atoms with Gasteiger partial charge >= 0.3 is 12.1 Å². The molecule has 0 aromatic rings. The summed E-state index contributed by atoms with van der Waals surface area (Å²) < 4.78 is 4.47. The van der Waals surface area contributed by atoms with Crippen molar-refractivity contribution in [2.45, 2.75) is 19.3 Å². The second kappa shape index (κ2) is 4.64. The van der Waals surface area contributed by atoms with E-state index < -0.39 is 12.1 Å². The molecule has 4 nitrogen and oxygen atoms in total. The molecule has 72 valence electrons. The van der Waals surface area contributed by atoms with Crippen molar-refractivity contribution in [3.8, 4) is 0 Å². The van der Waals surface area contributed by atoms with Gasteiger partial charge in [-0.3, -0.25) is 0 Å². The summed E-state index contributed by atoms with van der Waals surface area (Å²) in [4.78, 5) is 23.4. The first-order valence-corrected chi connectivity index (χ1v) is 4.37. The first-order valence-electron chi connectivity index (χ1n) is 4.37. The summed E-state index contributed by atoms with van der Waals surface area (Å²) in [6, 6.07) is 0. The number of hydrogen-bond donors (Lipinski definition) is 0. The van der Waals surface area contributed by atoms with Gasteiger partial charge in [-0.1, -0.05) is 6.58 Å². The van der Waals surface area contributed by atoms with Crippen LogP contribution in [0.3, 0.4) is 0 Å². The Hall–Kier alpha value is -1.32. The Morgan fingerprint density at radius 3 is 2.38 bits per heavy atom. The Morgan fingerprint density at radius 1 is 1.23 bits per heavy atom. The maximum Gasteiger partial charge on any atom is 0.417 e. The van der Waals surface area contributed by atoms with Crippen LogP contribution in [0.5, 0.6) is 0 Å². The van der Waals surface area contributed by atoms with Crippen molar-refractivity contribution >= 4 is 12.1 Å². The van der Waals surface area contributed by atoms with Crippen LogP contribution in [0.1, 0.15) is 19.3 Å². The molecule has 1 amide bonds. The normalized spacial score (nSPS) is 16.5. The van der Waals surface area contributed by atoms with Crippen LogP contribution in [0, 0.1) is 0 Å². The number of rotatable bonds is 1. The molecule has 4 heteroatoms. The number of carbonyl (C=O) groups excluding carboxylic acids is 2. The van der Waals surface area contributed by atoms with Gasteiger partial charge in [0, 0.05) is 19.2 Å². The highest BCUT2D eigenvalue weighted by Crippen LogP contribution is 2.09. The first-order chi connectivity index (χ1) is 6.24. The highest BCUT2D eigenvalue weighted by molar-refractivity contribution is 5.91. The van der Waals surface area contributed by atoms with Crippen LogP contribution < -0.4 is 0 Å². The molecule has 0 bridgehead atoms. The zero-order valence-corrected chi connectivity index (χ0v) is 7.49. The molecular formula is C9H13NO3. The summed E-state index contributed by atoms with van der Waals surface area (Å²) >= 11 is 0. The molecule has 1 heterocycles. The van der Waals surface area contributed by atoms with E-state index in [1.54, 1.807) is 4.90 Å². The lowest BCUT2D eigenvalue weighted by Crippen LogP contribution is -2.36. The Kier molecular flexibility index (Phi) is 3.49. The fraction of sp³-hybridized carbons (Fsp3) is 0.556. The molecule has 13 heavy (non-hydrogen) atoms. The molecule has 0 saturated carbocycles. The highest BCUT2D eigenvalue weighted by Gasteiger charge is 2.19. The topological polar surface area (TPSA) is 46.6 Å². The van der Waals surface area contributed by atoms with Crippen molar-refractivity contribution < 1.29 is 14.3 Å². The van der Waals surface area contributed by atoms with Crippen molar-refractivity contribution in [1.29, 1.82) is 0 Å². The smallest absolute Gasteiger partial charge is 0.373 e. The van der Waals surface area contributed by atoms with E-state index in [1.165, 1.54) is 0 Å². The molecule has 1 aliphatic heterocycles. The lowest BCUT2D eigenvalue weighted by Gasteiger charge is -2.24. The van der Waals surface area contributed by atoms with E-state index in [-0.39, 0.29) is 0 Å². The number of ether oxygens (including phenoxy) is 1. The minimum atomic E-state index is -0.685. The summed E-state index contributed by atoms with van der Waals surface area (Å²) in [5, 5.41) is 0. The van der Waals surface area contributed by atoms with Gasteiger partial charge in [-0.25, -0.2) is 9.59 Å². The second-order valence-corrected chi connectivity index (χ2v) is 2.94. The van der Waals surface area contributed by atoms with E-state index in [9.17, 15) is 9.59 Å². The molecule has 0 aliphatic carbocycles. The van der Waals surface area contributed by atoms with Gasteiger partial charge in [0.25, 0.3) is 0 Å². The molecule has 0 spiro atoms. The van der Waals surface area contributed by atoms with Crippen molar-refractivity contribution in [3.05, 3.63) is 12.7 Å². The highest BCUT2D eigenvalue weighted by atomic mass is 16.6. The third-order valence-electron chi connectivity index (χ3n) is 1.97. The van der Waals surface area contributed by atoms with E-state index in [0.29, 0.717) is 13.1 Å². The lowest BCUT2D eigenvalue weighted by molar-refractivity contribution is -0.132. The van der Waals surface area contributed by atoms with E-state index in [4.69, 9.17) is 0 Å². The minimum Gasteiger partial charge on any atom is -0.373 e. The zero-order valence-electron chi connectivity index (χ0n) is 7.49. The summed E-state index contributed by atoms with van der Waals surface area (Å²) in [6.07, 6.45) is 3.54. The monoisotopic (exact) mass is 183 g/mol. The molecule has 0 radical (unpaired) electrons. The molecule has 0 atom stereocenters. The second-order valence-electron chi connectivity index (χ2n) is 2.94. The molecule has 0 aromatic heterocycles. The van der Waals surface area contributed by atoms with Crippen LogP contribution in [0.2, 0.25) is 0 Å². The average molecular weight is 183 g/mol. The van der Waals surface area contributed by atoms with Gasteiger partial charge in [-0.15, -0.1) is 0 Å². The van der Waals surface area contributed by atoms with Crippen molar-refractivity contribution in [3.63, 3.8) is 0 Å². The third-order valence-corrected chi connectivity index (χ3v) is 1.97. The third kappa shape index (κ3) is 2.89. The SMILES string of the molecule is C=CC(=O)OC(=O)N1CCCCC1. The molecule has 0 N–H and O–H groups in total. The predicted molar refractivity (Wildman–Crippen MR) is 47.1 cm³/mol. The lowest BCUT2D eigenvalue weighted by atomic mass is 10.1. The Balaban J connectivity index is 2.37. The van der Waals surface area contributed by atoms with Gasteiger partial charge < -0.3 is 9.64 Å². The number of carbonyl (C=O) groups is 2. The van der Waals surface area contributed by atoms with Gasteiger partial charge in [0.2, 0.25) is 0 Å². The number of hydrogen-bond acceptors (Lipinski definition) is 3. The summed E-state index contributed by atoms with van der Waals surface area (Å²) in [7, 11) is 0. The van der Waals surface area contributed by atoms with E-state index in [1.807, 2.05) is 0 Å². The molecular weight excluding hydrogens is 170 g/mol. The molecule has 1 aliphatic rings. The van der Waals surface area contributed by atoms with Crippen molar-refractivity contribution in [1.82, 2.24) is 4.90 Å². The molecule has 0 aromatic carbocycles. The summed E-state index contributed by atoms with van der Waals surface area (Å²) in [6.45, 7) is 4.58. The number of piperidine rings is 1. The maximum absolute atomic E-state index is 11.2. The van der Waals surface area contributed by atoms with Gasteiger partial charge in [0.1, 0.15) is 0 Å². The largest absolute Gasteiger partial charge is 0.417 e. The molecule has 1 saturated heterocycles. The first kappa shape index (κ1) is 9.77. The van der Waals surface area contributed by atoms with Crippen LogP contribution in [-0.4, -0.2) is 30.1 Å². The molecule has 1 rings (SSSR count). The van der Waals surface area contributed by atoms with Crippen LogP contribution >= 0.6 is 0 Å². The fourth-order valence-electron chi connectivity index (χ4n) is 1.27. The Morgan fingerprint density at radius 2 is 1.85 bits per heavy atom. The maximum atomic E-state index is 11.2. The van der Waals surface area contributed by atoms with Crippen LogP contribution in [0.25, 0.3) is 0 Å². The van der Waals surface area contributed by atoms with E-state index >= 15 is 0 Å². The summed E-state index contributed by atoms with van der Waals surface area (Å²) in [5.74, 6) is -0.685. The fourth-order valence-corrected chi connectivity index (χ4v) is 1.27. The number of likely N-dealkylation sites (tertiary alicyclic amines) is 1. The van der Waals surface area contributed by atoms with Gasteiger partial charge in [0.15, 0.2) is 0 Å². The van der Waals surface area contributed by atoms with Crippen LogP contribution in [-0.2, 0) is 9.53 Å². The number of esters is 1. The molecule has 1 fully saturated rings. The van der Waals surface area contributed by atoms with E-state index in [2.05, 4.69) is 11.3 Å². The standard InChI is InChI=1S/C9H13NO3/c1-2-8(11)13-9(12)10-6-4-3-5-7-10/h2H,1,3-7H2. The van der Waals surface area contributed by atoms with Crippen LogP contribution in [0.4, 0.5) is 4.79 Å². The zero-order chi connectivity index (χ0) is 9.68. The minimum absolute atomic E-state index is 0.551. The number of amides is 1. The summed E-state index contributed by atoms with van der Waals surface area (Å²) in [5.41, 5.74) is 0. The quantitative estimate of drug-likeness (QED) is 0.350. The Labute approximate surface area is 77.2 Å². The number of nitrogens with zero attached hydrogens (tertiary/aromatic N) is 1. The van der Waals surface area contributed by atoms with Crippen molar-refractivity contribution in [2.75, 3.05) is 13.1 Å². The van der Waals surface area contributed by atoms with E-state index in [0.717, 1.165) is 25.3 Å². The van der Waals surface area contributed by atoms with Crippen molar-refractivity contribution in [2.24, 2.45) is 0 Å². The Bertz CT molecular complexity index is 219. The van der Waals surface area contributed by atoms with Gasteiger partial charge in [-0.2, -0.15) is 0 Å². The molecule has 0 unspecified atom stereocenters. The van der Waals surface area contributed by atoms with Crippen LogP contribution in [0.15, 0.2) is 12.7 Å². The van der Waals surface area contributed by atoms with Gasteiger partial charge in [0.05, 0.1) is 0 Å². The predicted octanol–water partition coefficient (Wildman–Crippen LogP) is 1.32. The van der Waals surface area contributed by atoms with Gasteiger partial charge in [-0.05, 0) is 19.3 Å².